The van der Waals surface area contributed by atoms with E-state index >= 15 is 0 Å². The molecule has 0 bridgehead atoms. The van der Waals surface area contributed by atoms with Crippen molar-refractivity contribution < 1.29 is 19.2 Å². The summed E-state index contributed by atoms with van der Waals surface area (Å²) in [6, 6.07) is 8.68. The van der Waals surface area contributed by atoms with Gasteiger partial charge in [-0.1, -0.05) is 30.3 Å². The summed E-state index contributed by atoms with van der Waals surface area (Å²) in [5.41, 5.74) is 0.937. The number of nitrogens with one attached hydrogen (secondary N) is 1. The van der Waals surface area contributed by atoms with Crippen LogP contribution in [0, 0.1) is 0 Å². The zero-order valence-electron chi connectivity index (χ0n) is 12.0. The average molecular weight is 280 g/mol. The van der Waals surface area contributed by atoms with E-state index in [1.165, 1.54) is 14.2 Å². The normalized spacial score (nSPS) is 11.6. The Morgan fingerprint density at radius 2 is 1.95 bits per heavy atom. The van der Waals surface area contributed by atoms with Gasteiger partial charge >= 0.3 is 6.09 Å². The van der Waals surface area contributed by atoms with E-state index in [9.17, 15) is 9.59 Å². The third-order valence-corrected chi connectivity index (χ3v) is 2.73. The van der Waals surface area contributed by atoms with Crippen LogP contribution in [0.3, 0.4) is 0 Å². The Hall–Kier alpha value is -2.08. The minimum atomic E-state index is -0.735. The van der Waals surface area contributed by atoms with Crippen LogP contribution in [0.2, 0.25) is 0 Å². The Bertz CT molecular complexity index is 436. The van der Waals surface area contributed by atoms with Crippen LogP contribution in [-0.4, -0.2) is 43.9 Å². The number of rotatable bonds is 6. The molecule has 0 aliphatic rings. The van der Waals surface area contributed by atoms with Crippen LogP contribution in [0.5, 0.6) is 0 Å². The zero-order chi connectivity index (χ0) is 15.0. The van der Waals surface area contributed by atoms with E-state index in [4.69, 9.17) is 9.57 Å². The van der Waals surface area contributed by atoms with Crippen LogP contribution in [0.4, 0.5) is 4.79 Å². The summed E-state index contributed by atoms with van der Waals surface area (Å²) in [6.45, 7) is 1.95. The van der Waals surface area contributed by atoms with Crippen LogP contribution in [0.15, 0.2) is 30.3 Å². The number of hydrogen-bond donors (Lipinski definition) is 1. The predicted octanol–water partition coefficient (Wildman–Crippen LogP) is 1.36. The highest BCUT2D eigenvalue weighted by Crippen LogP contribution is 2.06. The predicted molar refractivity (Wildman–Crippen MR) is 73.9 cm³/mol. The Morgan fingerprint density at radius 3 is 2.50 bits per heavy atom. The van der Waals surface area contributed by atoms with Crippen molar-refractivity contribution in [3.63, 3.8) is 0 Å². The van der Waals surface area contributed by atoms with E-state index in [1.54, 1.807) is 6.92 Å². The molecule has 1 rings (SSSR count). The number of ether oxygens (including phenoxy) is 1. The zero-order valence-corrected chi connectivity index (χ0v) is 12.0. The van der Waals surface area contributed by atoms with E-state index < -0.39 is 12.1 Å². The molecule has 0 aliphatic carbocycles. The van der Waals surface area contributed by atoms with Crippen molar-refractivity contribution in [2.45, 2.75) is 19.4 Å². The van der Waals surface area contributed by atoms with Gasteiger partial charge in [0.1, 0.15) is 6.04 Å². The Kier molecular flexibility index (Phi) is 6.52. The maximum Gasteiger partial charge on any atom is 0.407 e. The van der Waals surface area contributed by atoms with Crippen molar-refractivity contribution in [2.24, 2.45) is 0 Å². The van der Waals surface area contributed by atoms with Gasteiger partial charge in [0, 0.05) is 13.5 Å². The first-order valence-electron chi connectivity index (χ1n) is 6.37. The SMILES string of the molecule is CCOC(=O)N[C@@H](Cc1ccccc1)C(=O)N(C)OC. The third kappa shape index (κ3) is 4.89. The fourth-order valence-corrected chi connectivity index (χ4v) is 1.67. The summed E-state index contributed by atoms with van der Waals surface area (Å²) in [6.07, 6.45) is -0.252. The molecular weight excluding hydrogens is 260 g/mol. The van der Waals surface area contributed by atoms with E-state index in [0.717, 1.165) is 10.6 Å². The molecule has 0 saturated heterocycles. The summed E-state index contributed by atoms with van der Waals surface area (Å²) in [5.74, 6) is -0.343. The largest absolute Gasteiger partial charge is 0.450 e. The maximum absolute atomic E-state index is 12.1. The fourth-order valence-electron chi connectivity index (χ4n) is 1.67. The molecule has 0 radical (unpaired) electrons. The molecule has 6 heteroatoms. The Morgan fingerprint density at radius 1 is 1.30 bits per heavy atom. The topological polar surface area (TPSA) is 67.9 Å². The van der Waals surface area contributed by atoms with Gasteiger partial charge in [-0.15, -0.1) is 0 Å². The number of benzene rings is 1. The molecule has 1 atom stereocenters. The van der Waals surface area contributed by atoms with Crippen LogP contribution in [0.1, 0.15) is 12.5 Å². The molecule has 0 aliphatic heterocycles. The van der Waals surface area contributed by atoms with Gasteiger partial charge in [0.05, 0.1) is 13.7 Å². The average Bonchev–Trinajstić information content (AvgIpc) is 2.46. The number of amides is 2. The number of likely N-dealkylation sites (N-methyl/N-ethyl adjacent to an activating group) is 1. The van der Waals surface area contributed by atoms with Gasteiger partial charge in [-0.3, -0.25) is 9.63 Å². The number of carbonyl (C=O) groups excluding carboxylic acids is 2. The number of alkyl carbamates (subject to hydrolysis) is 1. The fraction of sp³-hybridized carbons (Fsp3) is 0.429. The summed E-state index contributed by atoms with van der Waals surface area (Å²) in [5, 5.41) is 3.63. The van der Waals surface area contributed by atoms with Gasteiger partial charge in [0.15, 0.2) is 0 Å². The number of nitrogens with zero attached hydrogens (tertiary/aromatic N) is 1. The van der Waals surface area contributed by atoms with E-state index in [1.807, 2.05) is 30.3 Å². The third-order valence-electron chi connectivity index (χ3n) is 2.73. The van der Waals surface area contributed by atoms with Crippen molar-refractivity contribution in [2.75, 3.05) is 20.8 Å². The first-order chi connectivity index (χ1) is 9.58. The van der Waals surface area contributed by atoms with Gasteiger partial charge in [-0.2, -0.15) is 0 Å². The van der Waals surface area contributed by atoms with Crippen molar-refractivity contribution in [3.05, 3.63) is 35.9 Å². The smallest absolute Gasteiger partial charge is 0.407 e. The minimum Gasteiger partial charge on any atom is -0.450 e. The molecule has 1 aromatic carbocycles. The lowest BCUT2D eigenvalue weighted by atomic mass is 10.1. The quantitative estimate of drug-likeness (QED) is 0.799. The molecule has 1 aromatic rings. The highest BCUT2D eigenvalue weighted by Gasteiger charge is 2.25. The molecule has 110 valence electrons. The highest BCUT2D eigenvalue weighted by atomic mass is 16.7. The molecule has 0 spiro atoms. The highest BCUT2D eigenvalue weighted by molar-refractivity contribution is 5.85. The van der Waals surface area contributed by atoms with Crippen molar-refractivity contribution in [1.29, 1.82) is 0 Å². The number of hydroxylamine groups is 2. The molecule has 0 unspecified atom stereocenters. The van der Waals surface area contributed by atoms with Gasteiger partial charge in [-0.05, 0) is 12.5 Å². The molecule has 2 amide bonds. The first kappa shape index (κ1) is 16.0. The van der Waals surface area contributed by atoms with Crippen molar-refractivity contribution >= 4 is 12.0 Å². The summed E-state index contributed by atoms with van der Waals surface area (Å²) < 4.78 is 4.81. The molecule has 0 fully saturated rings. The van der Waals surface area contributed by atoms with Crippen LogP contribution >= 0.6 is 0 Å². The molecule has 1 N–H and O–H groups in total. The van der Waals surface area contributed by atoms with Gasteiger partial charge in [0.2, 0.25) is 0 Å². The molecule has 0 heterocycles. The molecule has 0 saturated carbocycles. The lowest BCUT2D eigenvalue weighted by molar-refractivity contribution is -0.170. The van der Waals surface area contributed by atoms with Crippen LogP contribution in [-0.2, 0) is 20.8 Å². The van der Waals surface area contributed by atoms with E-state index in [0.29, 0.717) is 6.42 Å². The van der Waals surface area contributed by atoms with Crippen molar-refractivity contribution in [3.8, 4) is 0 Å². The lowest BCUT2D eigenvalue weighted by Crippen LogP contribution is -2.48. The van der Waals surface area contributed by atoms with E-state index in [2.05, 4.69) is 5.32 Å². The second kappa shape index (κ2) is 8.16. The monoisotopic (exact) mass is 280 g/mol. The van der Waals surface area contributed by atoms with Crippen LogP contribution < -0.4 is 5.32 Å². The first-order valence-corrected chi connectivity index (χ1v) is 6.37. The standard InChI is InChI=1S/C14H20N2O4/c1-4-20-14(18)15-12(13(17)16(2)19-3)10-11-8-6-5-7-9-11/h5-9,12H,4,10H2,1-3H3,(H,15,18)/t12-/m0/s1. The van der Waals surface area contributed by atoms with Crippen molar-refractivity contribution in [1.82, 2.24) is 10.4 Å². The van der Waals surface area contributed by atoms with Gasteiger partial charge in [0.25, 0.3) is 5.91 Å². The molecule has 20 heavy (non-hydrogen) atoms. The minimum absolute atomic E-state index is 0.248. The maximum atomic E-state index is 12.1. The second-order valence-corrected chi connectivity index (χ2v) is 4.13. The van der Waals surface area contributed by atoms with Gasteiger partial charge < -0.3 is 10.1 Å². The molecule has 0 aromatic heterocycles. The van der Waals surface area contributed by atoms with Crippen LogP contribution in [0.25, 0.3) is 0 Å². The number of carbonyl (C=O) groups is 2. The second-order valence-electron chi connectivity index (χ2n) is 4.13. The van der Waals surface area contributed by atoms with Gasteiger partial charge in [-0.25, -0.2) is 9.86 Å². The molecule has 6 nitrogen and oxygen atoms in total. The Labute approximate surface area is 118 Å². The Balaban J connectivity index is 2.78. The summed E-state index contributed by atoms with van der Waals surface area (Å²) >= 11 is 0. The summed E-state index contributed by atoms with van der Waals surface area (Å²) in [7, 11) is 2.88. The lowest BCUT2D eigenvalue weighted by Gasteiger charge is -2.22. The molecular formula is C14H20N2O4. The van der Waals surface area contributed by atoms with E-state index in [-0.39, 0.29) is 12.5 Å². The number of hydrogen-bond acceptors (Lipinski definition) is 4. The summed E-state index contributed by atoms with van der Waals surface area (Å²) in [4.78, 5) is 28.5.